The number of carbonyl (C=O) groups excluding carboxylic acids is 1. The molecule has 0 bridgehead atoms. The minimum Gasteiger partial charge on any atom is -0.473 e. The molecular weight excluding hydrogens is 368 g/mol. The van der Waals surface area contributed by atoms with Gasteiger partial charge in [0.25, 0.3) is 0 Å². The zero-order chi connectivity index (χ0) is 17.2. The average molecular weight is 391 g/mol. The molecule has 0 spiro atoms. The van der Waals surface area contributed by atoms with Crippen molar-refractivity contribution in [3.8, 4) is 5.75 Å². The molecule has 2 amide bonds. The van der Waals surface area contributed by atoms with E-state index in [0.29, 0.717) is 6.54 Å². The molecule has 0 unspecified atom stereocenters. The second kappa shape index (κ2) is 9.98. The fourth-order valence-electron chi connectivity index (χ4n) is 2.30. The van der Waals surface area contributed by atoms with Crippen LogP contribution in [0.3, 0.4) is 0 Å². The van der Waals surface area contributed by atoms with E-state index in [1.807, 2.05) is 36.4 Å². The Hall–Kier alpha value is -2.01. The number of urea groups is 1. The Bertz CT molecular complexity index is 644. The predicted octanol–water partition coefficient (Wildman–Crippen LogP) is 4.28. The van der Waals surface area contributed by atoms with Crippen molar-refractivity contribution in [2.24, 2.45) is 0 Å². The number of benzene rings is 2. The summed E-state index contributed by atoms with van der Waals surface area (Å²) in [5, 5.41) is 5.51. The number of rotatable bonds is 8. The molecule has 0 saturated heterocycles. The summed E-state index contributed by atoms with van der Waals surface area (Å²) in [6.45, 7) is 2.87. The lowest BCUT2D eigenvalue weighted by molar-refractivity contribution is 0.224. The maximum Gasteiger partial charge on any atom is 0.317 e. The number of aryl methyl sites for hydroxylation is 1. The van der Waals surface area contributed by atoms with Gasteiger partial charge in [0.15, 0.2) is 6.73 Å². The summed E-state index contributed by atoms with van der Waals surface area (Å²) in [6.07, 6.45) is 2.97. The number of halogens is 1. The van der Waals surface area contributed by atoms with Gasteiger partial charge in [-0.1, -0.05) is 59.6 Å². The number of carbonyl (C=O) groups is 1. The van der Waals surface area contributed by atoms with Gasteiger partial charge in [-0.05, 0) is 42.2 Å². The van der Waals surface area contributed by atoms with Crippen molar-refractivity contribution in [2.75, 3.05) is 13.3 Å². The summed E-state index contributed by atoms with van der Waals surface area (Å²) >= 11 is 3.50. The lowest BCUT2D eigenvalue weighted by Gasteiger charge is -2.10. The van der Waals surface area contributed by atoms with Gasteiger partial charge in [-0.15, -0.1) is 0 Å². The van der Waals surface area contributed by atoms with Crippen molar-refractivity contribution in [1.29, 1.82) is 0 Å². The van der Waals surface area contributed by atoms with Gasteiger partial charge in [0, 0.05) is 11.0 Å². The van der Waals surface area contributed by atoms with Gasteiger partial charge < -0.3 is 15.4 Å². The second-order valence-electron chi connectivity index (χ2n) is 5.46. The predicted molar refractivity (Wildman–Crippen MR) is 100 cm³/mol. The van der Waals surface area contributed by atoms with Gasteiger partial charge in [-0.25, -0.2) is 4.79 Å². The SMILES string of the molecule is CCCc1ccc(OCNC(=O)NCCc2ccccc2Br)cc1. The number of amides is 2. The fourth-order valence-corrected chi connectivity index (χ4v) is 2.78. The zero-order valence-corrected chi connectivity index (χ0v) is 15.4. The fraction of sp³-hybridized carbons (Fsp3) is 0.316. The standard InChI is InChI=1S/C19H23BrN2O2/c1-2-5-15-8-10-17(11-9-15)24-14-22-19(23)21-13-12-16-6-3-4-7-18(16)20/h3-4,6-11H,2,5,12-14H2,1H3,(H2,21,22,23). The number of nitrogens with one attached hydrogen (secondary N) is 2. The number of hydrogen-bond donors (Lipinski definition) is 2. The maximum atomic E-state index is 11.7. The Kier molecular flexibility index (Phi) is 7.62. The van der Waals surface area contributed by atoms with Crippen molar-refractivity contribution in [3.05, 3.63) is 64.1 Å². The molecule has 128 valence electrons. The maximum absolute atomic E-state index is 11.7. The van der Waals surface area contributed by atoms with Crippen LogP contribution in [0.1, 0.15) is 24.5 Å². The van der Waals surface area contributed by atoms with Crippen molar-refractivity contribution in [2.45, 2.75) is 26.2 Å². The highest BCUT2D eigenvalue weighted by Crippen LogP contribution is 2.15. The molecule has 2 aromatic carbocycles. The van der Waals surface area contributed by atoms with Gasteiger partial charge in [-0.2, -0.15) is 0 Å². The summed E-state index contributed by atoms with van der Waals surface area (Å²) in [5.74, 6) is 0.753. The lowest BCUT2D eigenvalue weighted by Crippen LogP contribution is -2.38. The summed E-state index contributed by atoms with van der Waals surface area (Å²) in [7, 11) is 0. The molecule has 5 heteroatoms. The van der Waals surface area contributed by atoms with Crippen LogP contribution in [-0.2, 0) is 12.8 Å². The van der Waals surface area contributed by atoms with Crippen LogP contribution < -0.4 is 15.4 Å². The van der Waals surface area contributed by atoms with E-state index in [1.54, 1.807) is 0 Å². The molecular formula is C19H23BrN2O2. The largest absolute Gasteiger partial charge is 0.473 e. The van der Waals surface area contributed by atoms with Crippen molar-refractivity contribution < 1.29 is 9.53 Å². The van der Waals surface area contributed by atoms with Gasteiger partial charge in [0.2, 0.25) is 0 Å². The van der Waals surface area contributed by atoms with Gasteiger partial charge in [-0.3, -0.25) is 0 Å². The highest BCUT2D eigenvalue weighted by Gasteiger charge is 2.02. The Morgan fingerprint density at radius 1 is 1.04 bits per heavy atom. The molecule has 4 nitrogen and oxygen atoms in total. The Balaban J connectivity index is 1.63. The van der Waals surface area contributed by atoms with Crippen LogP contribution in [-0.4, -0.2) is 19.3 Å². The first-order chi connectivity index (χ1) is 11.7. The van der Waals surface area contributed by atoms with Crippen molar-refractivity contribution in [1.82, 2.24) is 10.6 Å². The second-order valence-corrected chi connectivity index (χ2v) is 6.31. The average Bonchev–Trinajstić information content (AvgIpc) is 2.58. The van der Waals surface area contributed by atoms with Crippen LogP contribution in [0.25, 0.3) is 0 Å². The van der Waals surface area contributed by atoms with E-state index in [0.717, 1.165) is 29.5 Å². The summed E-state index contributed by atoms with van der Waals surface area (Å²) in [4.78, 5) is 11.7. The van der Waals surface area contributed by atoms with Gasteiger partial charge in [0.05, 0.1) is 0 Å². The molecule has 0 heterocycles. The molecule has 2 rings (SSSR count). The highest BCUT2D eigenvalue weighted by molar-refractivity contribution is 9.10. The van der Waals surface area contributed by atoms with E-state index in [4.69, 9.17) is 4.74 Å². The molecule has 0 atom stereocenters. The van der Waals surface area contributed by atoms with E-state index in [1.165, 1.54) is 11.1 Å². The van der Waals surface area contributed by atoms with Gasteiger partial charge in [0.1, 0.15) is 5.75 Å². The Labute approximate surface area is 151 Å². The first-order valence-electron chi connectivity index (χ1n) is 8.16. The first kappa shape index (κ1) is 18.3. The topological polar surface area (TPSA) is 50.4 Å². The zero-order valence-electron chi connectivity index (χ0n) is 13.8. The molecule has 0 aliphatic heterocycles. The molecule has 0 radical (unpaired) electrons. The summed E-state index contributed by atoms with van der Waals surface area (Å²) in [6, 6.07) is 15.7. The van der Waals surface area contributed by atoms with E-state index >= 15 is 0 Å². The Morgan fingerprint density at radius 3 is 2.50 bits per heavy atom. The third-order valence-electron chi connectivity index (χ3n) is 3.57. The van der Waals surface area contributed by atoms with Gasteiger partial charge >= 0.3 is 6.03 Å². The quantitative estimate of drug-likeness (QED) is 0.660. The van der Waals surface area contributed by atoms with Crippen LogP contribution in [0.15, 0.2) is 53.0 Å². The first-order valence-corrected chi connectivity index (χ1v) is 8.95. The monoisotopic (exact) mass is 390 g/mol. The summed E-state index contributed by atoms with van der Waals surface area (Å²) < 4.78 is 6.57. The molecule has 0 fully saturated rings. The van der Waals surface area contributed by atoms with E-state index in [2.05, 4.69) is 45.6 Å². The molecule has 0 aromatic heterocycles. The minimum absolute atomic E-state index is 0.147. The minimum atomic E-state index is -0.232. The molecule has 0 aliphatic carbocycles. The molecule has 24 heavy (non-hydrogen) atoms. The van der Waals surface area contributed by atoms with E-state index < -0.39 is 0 Å². The summed E-state index contributed by atoms with van der Waals surface area (Å²) in [5.41, 5.74) is 2.46. The van der Waals surface area contributed by atoms with Crippen LogP contribution in [0.4, 0.5) is 4.79 Å². The van der Waals surface area contributed by atoms with Crippen molar-refractivity contribution >= 4 is 22.0 Å². The molecule has 0 saturated carbocycles. The third kappa shape index (κ3) is 6.24. The molecule has 2 N–H and O–H groups in total. The van der Waals surface area contributed by atoms with E-state index in [-0.39, 0.29) is 12.8 Å². The van der Waals surface area contributed by atoms with Crippen LogP contribution in [0.2, 0.25) is 0 Å². The van der Waals surface area contributed by atoms with Crippen LogP contribution >= 0.6 is 15.9 Å². The smallest absolute Gasteiger partial charge is 0.317 e. The number of ether oxygens (including phenoxy) is 1. The Morgan fingerprint density at radius 2 is 1.79 bits per heavy atom. The van der Waals surface area contributed by atoms with E-state index in [9.17, 15) is 4.79 Å². The molecule has 0 aliphatic rings. The van der Waals surface area contributed by atoms with Crippen LogP contribution in [0, 0.1) is 0 Å². The number of hydrogen-bond acceptors (Lipinski definition) is 2. The normalized spacial score (nSPS) is 10.2. The van der Waals surface area contributed by atoms with Crippen molar-refractivity contribution in [3.63, 3.8) is 0 Å². The highest BCUT2D eigenvalue weighted by atomic mass is 79.9. The third-order valence-corrected chi connectivity index (χ3v) is 4.34. The molecule has 2 aromatic rings. The van der Waals surface area contributed by atoms with Crippen LogP contribution in [0.5, 0.6) is 5.75 Å². The lowest BCUT2D eigenvalue weighted by atomic mass is 10.1.